The minimum absolute atomic E-state index is 0.0628. The average Bonchev–Trinajstić information content (AvgIpc) is 3.21. The lowest BCUT2D eigenvalue weighted by atomic mass is 9.41. The summed E-state index contributed by atoms with van der Waals surface area (Å²) >= 11 is 0. The van der Waals surface area contributed by atoms with Crippen molar-refractivity contribution in [1.29, 1.82) is 0 Å². The summed E-state index contributed by atoms with van der Waals surface area (Å²) in [4.78, 5) is 0. The number of aryl methyl sites for hydroxylation is 1. The Balaban J connectivity index is 1.50. The summed E-state index contributed by atoms with van der Waals surface area (Å²) in [5, 5.41) is 0. The highest BCUT2D eigenvalue weighted by molar-refractivity contribution is 5.87. The van der Waals surface area contributed by atoms with Crippen molar-refractivity contribution in [2.75, 3.05) is 0 Å². The van der Waals surface area contributed by atoms with Gasteiger partial charge in [-0.1, -0.05) is 121 Å². The Bertz CT molecular complexity index is 1690. The van der Waals surface area contributed by atoms with Gasteiger partial charge in [-0.2, -0.15) is 0 Å². The lowest BCUT2D eigenvalue weighted by molar-refractivity contribution is 0.0543. The van der Waals surface area contributed by atoms with E-state index in [-0.39, 0.29) is 16.2 Å². The second-order valence-corrected chi connectivity index (χ2v) is 16.9. The van der Waals surface area contributed by atoms with Crippen LogP contribution in [0.5, 0.6) is 0 Å². The second-order valence-electron chi connectivity index (χ2n) is 16.9. The van der Waals surface area contributed by atoms with Crippen LogP contribution in [0.15, 0.2) is 83.5 Å². The number of benzene rings is 2. The maximum Gasteiger partial charge on any atom is 0.0194 e. The predicted molar refractivity (Wildman–Crippen MR) is 201 cm³/mol. The van der Waals surface area contributed by atoms with Crippen molar-refractivity contribution >= 4 is 5.57 Å². The van der Waals surface area contributed by atoms with Crippen LogP contribution in [0.2, 0.25) is 0 Å². The summed E-state index contributed by atoms with van der Waals surface area (Å²) < 4.78 is 0. The number of allylic oxidation sites excluding steroid dienone is 7. The van der Waals surface area contributed by atoms with Crippen molar-refractivity contribution in [3.63, 3.8) is 0 Å². The molecule has 5 atom stereocenters. The maximum atomic E-state index is 5.04. The van der Waals surface area contributed by atoms with E-state index in [9.17, 15) is 0 Å². The molecule has 0 spiro atoms. The van der Waals surface area contributed by atoms with E-state index in [1.165, 1.54) is 70.2 Å². The molecule has 0 heteroatoms. The molecule has 6 rings (SSSR count). The standard InChI is InChI=1S/C46H60/c1-14-15-16-19-35-22-36(23-39-30(6)37-20-17-18-21-38(37)31(39)7)29(5)42-32(8)43-34(10)46(13)33(9)41(27(2)3)28(4)24-45(46,12)26-44(43,11)25-40(35)42/h17-18,20-22,30-31,39H,2,8-9,14-16,19,23-26H2,1,3-7,10-13H3/t30?,31?,39?,44-,45+,46-/m1/s1. The van der Waals surface area contributed by atoms with E-state index >= 15 is 0 Å². The van der Waals surface area contributed by atoms with Gasteiger partial charge in [-0.15, -0.1) is 0 Å². The van der Waals surface area contributed by atoms with Crippen LogP contribution in [0.4, 0.5) is 0 Å². The lowest BCUT2D eigenvalue weighted by Crippen LogP contribution is -2.52. The molecule has 0 aliphatic heterocycles. The first-order chi connectivity index (χ1) is 21.6. The quantitative estimate of drug-likeness (QED) is 0.273. The van der Waals surface area contributed by atoms with E-state index in [1.807, 2.05) is 0 Å². The van der Waals surface area contributed by atoms with Gasteiger partial charge in [0, 0.05) is 5.41 Å². The lowest BCUT2D eigenvalue weighted by Gasteiger charge is -2.62. The minimum Gasteiger partial charge on any atom is -0.0955 e. The molecule has 4 aliphatic rings. The van der Waals surface area contributed by atoms with Crippen LogP contribution in [0.1, 0.15) is 145 Å². The summed E-state index contributed by atoms with van der Waals surface area (Å²) in [6.07, 6.45) is 9.51. The normalized spacial score (nSPS) is 31.9. The monoisotopic (exact) mass is 612 g/mol. The Morgan fingerprint density at radius 3 is 2.13 bits per heavy atom. The first-order valence-corrected chi connectivity index (χ1v) is 18.3. The van der Waals surface area contributed by atoms with Crippen molar-refractivity contribution in [3.05, 3.63) is 122 Å². The van der Waals surface area contributed by atoms with E-state index in [0.717, 1.165) is 31.3 Å². The summed E-state index contributed by atoms with van der Waals surface area (Å²) in [6, 6.07) is 11.9. The zero-order chi connectivity index (χ0) is 33.5. The highest BCUT2D eigenvalue weighted by Crippen LogP contribution is 2.70. The van der Waals surface area contributed by atoms with Crippen LogP contribution in [-0.2, 0) is 19.3 Å². The summed E-state index contributed by atoms with van der Waals surface area (Å²) in [5.41, 5.74) is 20.4. The van der Waals surface area contributed by atoms with Crippen molar-refractivity contribution in [2.24, 2.45) is 22.2 Å². The number of rotatable bonds is 7. The van der Waals surface area contributed by atoms with Gasteiger partial charge >= 0.3 is 0 Å². The van der Waals surface area contributed by atoms with E-state index < -0.39 is 0 Å². The minimum atomic E-state index is -0.119. The first-order valence-electron chi connectivity index (χ1n) is 18.3. The molecule has 0 nitrogen and oxygen atoms in total. The van der Waals surface area contributed by atoms with Gasteiger partial charge in [0.1, 0.15) is 0 Å². The Labute approximate surface area is 281 Å². The summed E-state index contributed by atoms with van der Waals surface area (Å²) in [7, 11) is 0. The molecule has 0 saturated carbocycles. The van der Waals surface area contributed by atoms with Gasteiger partial charge in [-0.25, -0.2) is 0 Å². The van der Waals surface area contributed by atoms with Crippen LogP contribution >= 0.6 is 0 Å². The maximum absolute atomic E-state index is 5.04. The van der Waals surface area contributed by atoms with Gasteiger partial charge in [0.25, 0.3) is 0 Å². The molecular weight excluding hydrogens is 553 g/mol. The molecule has 0 saturated heterocycles. The molecule has 0 aromatic heterocycles. The molecule has 0 N–H and O–H groups in total. The van der Waals surface area contributed by atoms with Gasteiger partial charge in [0.15, 0.2) is 0 Å². The van der Waals surface area contributed by atoms with E-state index in [4.69, 9.17) is 13.2 Å². The van der Waals surface area contributed by atoms with Crippen molar-refractivity contribution in [3.8, 4) is 0 Å². The van der Waals surface area contributed by atoms with Crippen LogP contribution < -0.4 is 0 Å². The van der Waals surface area contributed by atoms with E-state index in [2.05, 4.69) is 106 Å². The SMILES string of the molecule is C=C(C)C1=C(C)C[C@@]2(C)C[C@@]3(C)Cc4c(CCCCC)cc(CC5C(C)c6ccccc6C5C)c(C)c4C(=C)C3=C(C)[C@@]2(C)C1=C. The van der Waals surface area contributed by atoms with Gasteiger partial charge in [0.05, 0.1) is 0 Å². The predicted octanol–water partition coefficient (Wildman–Crippen LogP) is 13.0. The molecule has 0 bridgehead atoms. The molecular formula is C46H60. The highest BCUT2D eigenvalue weighted by atomic mass is 14.6. The largest absolute Gasteiger partial charge is 0.0955 e. The fourth-order valence-corrected chi connectivity index (χ4v) is 11.6. The number of unbranched alkanes of at least 4 members (excludes halogenated alkanes) is 2. The molecule has 4 aliphatic carbocycles. The third-order valence-corrected chi connectivity index (χ3v) is 14.0. The zero-order valence-corrected chi connectivity index (χ0v) is 30.9. The molecule has 0 fully saturated rings. The van der Waals surface area contributed by atoms with Crippen LogP contribution in [0.25, 0.3) is 5.57 Å². The Hall–Kier alpha value is -2.86. The molecule has 244 valence electrons. The summed E-state index contributed by atoms with van der Waals surface area (Å²) in [6.45, 7) is 38.5. The third-order valence-electron chi connectivity index (χ3n) is 14.0. The van der Waals surface area contributed by atoms with E-state index in [1.54, 1.807) is 27.8 Å². The van der Waals surface area contributed by atoms with Crippen molar-refractivity contribution in [2.45, 2.75) is 132 Å². The van der Waals surface area contributed by atoms with Crippen molar-refractivity contribution < 1.29 is 0 Å². The smallest absolute Gasteiger partial charge is 0.0194 e. The molecule has 46 heavy (non-hydrogen) atoms. The Morgan fingerprint density at radius 2 is 1.54 bits per heavy atom. The van der Waals surface area contributed by atoms with Gasteiger partial charge in [-0.05, 0) is 156 Å². The van der Waals surface area contributed by atoms with Gasteiger partial charge in [0.2, 0.25) is 0 Å². The molecule has 0 heterocycles. The van der Waals surface area contributed by atoms with Gasteiger partial charge in [-0.3, -0.25) is 0 Å². The first kappa shape index (κ1) is 33.1. The molecule has 2 unspecified atom stereocenters. The fraction of sp³-hybridized carbons (Fsp3) is 0.522. The zero-order valence-electron chi connectivity index (χ0n) is 30.9. The van der Waals surface area contributed by atoms with Crippen LogP contribution in [0.3, 0.4) is 0 Å². The number of hydrogen-bond acceptors (Lipinski definition) is 0. The third kappa shape index (κ3) is 4.59. The van der Waals surface area contributed by atoms with Crippen LogP contribution in [-0.4, -0.2) is 0 Å². The molecule has 0 radical (unpaired) electrons. The topological polar surface area (TPSA) is 0 Å². The van der Waals surface area contributed by atoms with E-state index in [0.29, 0.717) is 17.8 Å². The fourth-order valence-electron chi connectivity index (χ4n) is 11.6. The highest BCUT2D eigenvalue weighted by Gasteiger charge is 2.60. The Morgan fingerprint density at radius 1 is 0.913 bits per heavy atom. The van der Waals surface area contributed by atoms with Crippen LogP contribution in [0, 0.1) is 29.1 Å². The number of hydrogen-bond donors (Lipinski definition) is 0. The molecule has 2 aromatic carbocycles. The average molecular weight is 613 g/mol. The molecule has 0 amide bonds. The van der Waals surface area contributed by atoms with Crippen molar-refractivity contribution in [1.82, 2.24) is 0 Å². The summed E-state index contributed by atoms with van der Waals surface area (Å²) in [5.74, 6) is 1.78. The second kappa shape index (κ2) is 11.4. The van der Waals surface area contributed by atoms with Gasteiger partial charge < -0.3 is 0 Å². The Kier molecular flexibility index (Phi) is 8.18. The number of fused-ring (bicyclic) bond motifs is 4. The molecule has 2 aromatic rings.